The van der Waals surface area contributed by atoms with E-state index >= 15 is 0 Å². The number of carboxylic acid groups (broad SMARTS) is 2. The molecule has 16 nitrogen and oxygen atoms in total. The van der Waals surface area contributed by atoms with Crippen LogP contribution in [0.4, 0.5) is 0 Å². The molecule has 3 aromatic rings. The number of aromatic nitrogens is 3. The van der Waals surface area contributed by atoms with Gasteiger partial charge < -0.3 is 27.3 Å². The molecule has 0 spiro atoms. The number of carboxylic acids is 2. The Morgan fingerprint density at radius 3 is 2.40 bits per heavy atom. The molecule has 47 heavy (non-hydrogen) atoms. The number of nitrogens with zero attached hydrogens (tertiary/aromatic N) is 3. The number of nitrogens with one attached hydrogen (secondary N) is 3. The van der Waals surface area contributed by atoms with Crippen LogP contribution in [0.25, 0.3) is 0 Å². The normalized spacial score (nSPS) is 17.9. The number of hydrogen-bond donors (Lipinski definition) is 6. The summed E-state index contributed by atoms with van der Waals surface area (Å²) in [4.78, 5) is 70.7. The van der Waals surface area contributed by atoms with Gasteiger partial charge in [0, 0.05) is 23.5 Å². The molecule has 2 aliphatic rings. The Morgan fingerprint density at radius 2 is 1.79 bits per heavy atom. The van der Waals surface area contributed by atoms with Gasteiger partial charge in [-0.1, -0.05) is 30.3 Å². The van der Waals surface area contributed by atoms with Crippen LogP contribution >= 0.6 is 11.8 Å². The number of pyridine rings is 1. The number of imidazole rings is 1. The third-order valence-electron chi connectivity index (χ3n) is 7.27. The molecule has 6 N–H and O–H groups in total. The molecule has 4 heterocycles. The topological polar surface area (TPSA) is 240 Å². The molecule has 1 aromatic carbocycles. The van der Waals surface area contributed by atoms with Crippen LogP contribution in [0.5, 0.6) is 0 Å². The predicted molar refractivity (Wildman–Crippen MR) is 160 cm³/mol. The molecule has 0 saturated carbocycles. The van der Waals surface area contributed by atoms with Gasteiger partial charge in [-0.25, -0.2) is 19.1 Å². The van der Waals surface area contributed by atoms with Gasteiger partial charge in [-0.15, -0.1) is 11.8 Å². The molecule has 19 heteroatoms. The minimum absolute atomic E-state index is 0. The van der Waals surface area contributed by atoms with E-state index in [0.717, 1.165) is 11.2 Å². The summed E-state index contributed by atoms with van der Waals surface area (Å²) in [6.07, 6.45) is 4.38. The fourth-order valence-electron chi connectivity index (χ4n) is 5.04. The number of fused-ring (bicyclic) bond motifs is 1. The summed E-state index contributed by atoms with van der Waals surface area (Å²) in [6.45, 7) is 0.119. The maximum atomic E-state index is 13.5. The summed E-state index contributed by atoms with van der Waals surface area (Å²) >= 11 is 1.25. The number of aliphatic carboxylic acids is 1. The van der Waals surface area contributed by atoms with Crippen molar-refractivity contribution < 1.29 is 82.7 Å². The summed E-state index contributed by atoms with van der Waals surface area (Å²) < 4.78 is 32.7. The van der Waals surface area contributed by atoms with Crippen LogP contribution in [-0.2, 0) is 37.5 Å². The Bertz CT molecular complexity index is 1860. The van der Waals surface area contributed by atoms with Gasteiger partial charge in [-0.3, -0.25) is 23.8 Å². The van der Waals surface area contributed by atoms with Crippen molar-refractivity contribution in [1.29, 1.82) is 0 Å². The van der Waals surface area contributed by atoms with Crippen LogP contribution in [0.2, 0.25) is 0 Å². The van der Waals surface area contributed by atoms with Gasteiger partial charge in [0.05, 0.1) is 12.1 Å². The molecular formula is C28H28N6NaO10S2+. The number of hydrogen-bond acceptors (Lipinski definition) is 9. The van der Waals surface area contributed by atoms with Gasteiger partial charge >= 0.3 is 41.5 Å². The summed E-state index contributed by atoms with van der Waals surface area (Å²) in [5.41, 5.74) is 0.301. The molecule has 2 aromatic heterocycles. The predicted octanol–water partition coefficient (Wildman–Crippen LogP) is -3.15. The molecule has 1 unspecified atom stereocenters. The second-order valence-electron chi connectivity index (χ2n) is 10.3. The SMILES string of the molecule is O=C(O)C1=C(C[n+]2ccc(CCS(=O)(=O)O)cc2)CS[C@@H]2[C@H](NC(=O)C(NC(=O)c3nc[nH]c3C(=O)O)c3ccccc3)C(=O)N12.[H-].[Na+]. The van der Waals surface area contributed by atoms with E-state index in [1.807, 2.05) is 0 Å². The first-order valence-corrected chi connectivity index (χ1v) is 16.3. The number of amides is 3. The zero-order valence-corrected chi connectivity index (χ0v) is 28.3. The Morgan fingerprint density at radius 1 is 1.11 bits per heavy atom. The van der Waals surface area contributed by atoms with Crippen LogP contribution < -0.4 is 44.8 Å². The first kappa shape index (κ1) is 35.8. The number of benzene rings is 1. The van der Waals surface area contributed by atoms with E-state index in [0.29, 0.717) is 16.7 Å². The fourth-order valence-corrected chi connectivity index (χ4v) is 6.87. The third kappa shape index (κ3) is 8.09. The first-order chi connectivity index (χ1) is 21.8. The third-order valence-corrected chi connectivity index (χ3v) is 9.33. The van der Waals surface area contributed by atoms with Gasteiger partial charge in [0.25, 0.3) is 21.9 Å². The maximum absolute atomic E-state index is 13.5. The zero-order chi connectivity index (χ0) is 33.2. The van der Waals surface area contributed by atoms with Crippen molar-refractivity contribution in [3.05, 3.63) is 95.0 Å². The molecule has 3 amide bonds. The number of carbonyl (C=O) groups excluding carboxylic acids is 3. The van der Waals surface area contributed by atoms with Gasteiger partial charge in [0.15, 0.2) is 30.3 Å². The minimum Gasteiger partial charge on any atom is -1.00 e. The molecule has 242 valence electrons. The number of H-pyrrole nitrogens is 1. The van der Waals surface area contributed by atoms with E-state index in [-0.39, 0.29) is 55.4 Å². The van der Waals surface area contributed by atoms with Crippen LogP contribution in [0.1, 0.15) is 39.6 Å². The first-order valence-electron chi connectivity index (χ1n) is 13.6. The van der Waals surface area contributed by atoms with Crippen molar-refractivity contribution in [2.24, 2.45) is 0 Å². The van der Waals surface area contributed by atoms with E-state index in [4.69, 9.17) is 4.55 Å². The van der Waals surface area contributed by atoms with E-state index in [2.05, 4.69) is 20.6 Å². The van der Waals surface area contributed by atoms with Gasteiger partial charge in [0.1, 0.15) is 23.2 Å². The average Bonchev–Trinajstić information content (AvgIpc) is 3.52. The van der Waals surface area contributed by atoms with Crippen LogP contribution in [0, 0.1) is 0 Å². The number of thioether (sulfide) groups is 1. The van der Waals surface area contributed by atoms with Crippen LogP contribution in [0.3, 0.4) is 0 Å². The van der Waals surface area contributed by atoms with Gasteiger partial charge in [-0.05, 0) is 17.5 Å². The maximum Gasteiger partial charge on any atom is 1.00 e. The zero-order valence-electron chi connectivity index (χ0n) is 25.7. The van der Waals surface area contributed by atoms with Crippen molar-refractivity contribution in [2.75, 3.05) is 11.5 Å². The molecule has 2 aliphatic heterocycles. The number of β-lactam (4-membered cyclic amide) rings is 1. The second-order valence-corrected chi connectivity index (χ2v) is 13.0. The van der Waals surface area contributed by atoms with E-state index in [9.17, 15) is 42.6 Å². The molecule has 0 bridgehead atoms. The number of aromatic carboxylic acids is 1. The van der Waals surface area contributed by atoms with Gasteiger partial charge in [0.2, 0.25) is 5.91 Å². The van der Waals surface area contributed by atoms with E-state index in [1.165, 1.54) is 11.8 Å². The smallest absolute Gasteiger partial charge is 1.00 e. The van der Waals surface area contributed by atoms with Gasteiger partial charge in [-0.2, -0.15) is 8.42 Å². The summed E-state index contributed by atoms with van der Waals surface area (Å²) in [5, 5.41) is 23.7. The fraction of sp³-hybridized carbons (Fsp3) is 0.250. The number of aryl methyl sites for hydroxylation is 1. The van der Waals surface area contributed by atoms with E-state index < -0.39 is 74.4 Å². The molecular weight excluding hydrogens is 667 g/mol. The molecule has 1 fully saturated rings. The quantitative estimate of drug-likeness (QED) is 0.0477. The number of rotatable bonds is 12. The Labute approximate surface area is 295 Å². The standard InChI is InChI=1S/C28H26N6O10S2.Na.H/c35-23(18(16-4-2-1-3-5-16)31-24(36)19-20(27(38)39)30-14-29-19)32-21-25(37)34-22(28(40)41)17(13-45-26(21)34)12-33-9-6-15(7-10-33)8-11-46(42,43)44;;/h1-7,9-10,14,18,21,26H,8,11-13H2,(H5-,29,30,31,32,35,36,38,39,40,41,42,43,44);;/q;+1;-1/p+1/t18?,21-,26-;;/m1../s1. The Hall–Kier alpha value is -4.07. The van der Waals surface area contributed by atoms with Crippen molar-refractivity contribution in [2.45, 2.75) is 30.4 Å². The molecule has 3 atom stereocenters. The van der Waals surface area contributed by atoms with Crippen molar-refractivity contribution in [3.8, 4) is 0 Å². The molecule has 0 aliphatic carbocycles. The average molecular weight is 696 g/mol. The van der Waals surface area contributed by atoms with Crippen molar-refractivity contribution in [3.63, 3.8) is 0 Å². The van der Waals surface area contributed by atoms with E-state index in [1.54, 1.807) is 59.4 Å². The molecule has 0 radical (unpaired) electrons. The second kappa shape index (κ2) is 14.8. The summed E-state index contributed by atoms with van der Waals surface area (Å²) in [5.74, 6) is -5.35. The summed E-state index contributed by atoms with van der Waals surface area (Å²) in [6, 6.07) is 8.91. The number of aromatic amines is 1. The largest absolute Gasteiger partial charge is 1.00 e. The Balaban J connectivity index is 0.00000312. The summed E-state index contributed by atoms with van der Waals surface area (Å²) in [7, 11) is -4.12. The Kier molecular flexibility index (Phi) is 11.3. The van der Waals surface area contributed by atoms with Crippen LogP contribution in [-0.4, -0.2) is 90.6 Å². The number of carbonyl (C=O) groups is 5. The van der Waals surface area contributed by atoms with Crippen LogP contribution in [0.15, 0.2) is 72.5 Å². The minimum atomic E-state index is -4.12. The van der Waals surface area contributed by atoms with Crippen molar-refractivity contribution in [1.82, 2.24) is 25.5 Å². The molecule has 5 rings (SSSR count). The molecule has 1 saturated heterocycles. The van der Waals surface area contributed by atoms with Crippen molar-refractivity contribution >= 4 is 51.5 Å². The monoisotopic (exact) mass is 695 g/mol.